The molecule has 0 amide bonds. The largest absolute Gasteiger partial charge is 0.480 e. The summed E-state index contributed by atoms with van der Waals surface area (Å²) in [5.41, 5.74) is 0. The molecule has 0 spiro atoms. The minimum Gasteiger partial charge on any atom is -0.480 e. The summed E-state index contributed by atoms with van der Waals surface area (Å²) in [6.07, 6.45) is 1.68. The van der Waals surface area contributed by atoms with E-state index in [2.05, 4.69) is 0 Å². The number of aliphatic hydroxyl groups is 1. The summed E-state index contributed by atoms with van der Waals surface area (Å²) in [7, 11) is -3.89. The predicted molar refractivity (Wildman–Crippen MR) is 69.3 cm³/mol. The van der Waals surface area contributed by atoms with Gasteiger partial charge in [0.2, 0.25) is 0 Å². The Morgan fingerprint density at radius 3 is 2.65 bits per heavy atom. The SMILES string of the molecule is O=C(O)C1CCCCN1S(=O)(=O)N1CCOCC1CO. The fraction of sp³-hybridized carbons (Fsp3) is 0.909. The van der Waals surface area contributed by atoms with Crippen molar-refractivity contribution in [1.82, 2.24) is 8.61 Å². The number of morpholine rings is 1. The molecule has 8 nitrogen and oxygen atoms in total. The standard InChI is InChI=1S/C11H20N2O6S/c14-7-9-8-19-6-5-12(9)20(17,18)13-4-2-1-3-10(13)11(15)16/h9-10,14H,1-8H2,(H,15,16). The average molecular weight is 308 g/mol. The summed E-state index contributed by atoms with van der Waals surface area (Å²) < 4.78 is 32.7. The molecule has 0 aliphatic carbocycles. The first kappa shape index (κ1) is 15.6. The van der Waals surface area contributed by atoms with Crippen LogP contribution in [0.3, 0.4) is 0 Å². The van der Waals surface area contributed by atoms with E-state index in [0.29, 0.717) is 19.3 Å². The molecule has 0 aromatic rings. The van der Waals surface area contributed by atoms with E-state index in [-0.39, 0.29) is 32.9 Å². The number of carboxylic acid groups (broad SMARTS) is 1. The highest BCUT2D eigenvalue weighted by atomic mass is 32.2. The summed E-state index contributed by atoms with van der Waals surface area (Å²) >= 11 is 0. The fourth-order valence-electron chi connectivity index (χ4n) is 2.65. The van der Waals surface area contributed by atoms with Crippen molar-refractivity contribution in [2.24, 2.45) is 0 Å². The van der Waals surface area contributed by atoms with E-state index in [9.17, 15) is 23.4 Å². The monoisotopic (exact) mass is 308 g/mol. The third kappa shape index (κ3) is 2.96. The van der Waals surface area contributed by atoms with Crippen LogP contribution in [-0.4, -0.2) is 78.2 Å². The Morgan fingerprint density at radius 1 is 1.25 bits per heavy atom. The molecular weight excluding hydrogens is 288 g/mol. The topological polar surface area (TPSA) is 107 Å². The van der Waals surface area contributed by atoms with Gasteiger partial charge in [-0.3, -0.25) is 4.79 Å². The van der Waals surface area contributed by atoms with Crippen LogP contribution in [0, 0.1) is 0 Å². The number of carbonyl (C=O) groups is 1. The minimum absolute atomic E-state index is 0.126. The van der Waals surface area contributed by atoms with Crippen LogP contribution in [0.25, 0.3) is 0 Å². The molecule has 116 valence electrons. The third-order valence-electron chi connectivity index (χ3n) is 3.72. The molecule has 2 aliphatic heterocycles. The summed E-state index contributed by atoms with van der Waals surface area (Å²) in [4.78, 5) is 11.2. The molecule has 0 aromatic carbocycles. The van der Waals surface area contributed by atoms with E-state index in [1.54, 1.807) is 0 Å². The summed E-state index contributed by atoms with van der Waals surface area (Å²) in [5.74, 6) is -1.12. The van der Waals surface area contributed by atoms with Crippen LogP contribution in [0.4, 0.5) is 0 Å². The second-order valence-corrected chi connectivity index (χ2v) is 6.82. The average Bonchev–Trinajstić information content (AvgIpc) is 2.47. The van der Waals surface area contributed by atoms with E-state index >= 15 is 0 Å². The maximum atomic E-state index is 12.6. The summed E-state index contributed by atoms with van der Waals surface area (Å²) in [6, 6.07) is -1.67. The number of nitrogens with zero attached hydrogens (tertiary/aromatic N) is 2. The van der Waals surface area contributed by atoms with Crippen LogP contribution in [0.2, 0.25) is 0 Å². The Balaban J connectivity index is 2.24. The van der Waals surface area contributed by atoms with Gasteiger partial charge in [-0.2, -0.15) is 17.0 Å². The molecule has 2 aliphatic rings. The van der Waals surface area contributed by atoms with E-state index in [0.717, 1.165) is 8.61 Å². The first-order chi connectivity index (χ1) is 9.48. The number of carboxylic acids is 1. The summed E-state index contributed by atoms with van der Waals surface area (Å²) in [6.45, 7) is 0.374. The molecular formula is C11H20N2O6S. The highest BCUT2D eigenvalue weighted by Crippen LogP contribution is 2.25. The Labute approximate surface area is 118 Å². The summed E-state index contributed by atoms with van der Waals surface area (Å²) in [5, 5.41) is 18.5. The maximum absolute atomic E-state index is 12.6. The second kappa shape index (κ2) is 6.35. The minimum atomic E-state index is -3.89. The van der Waals surface area contributed by atoms with E-state index in [1.165, 1.54) is 0 Å². The number of rotatable bonds is 4. The van der Waals surface area contributed by atoms with Gasteiger partial charge in [0.15, 0.2) is 0 Å². The van der Waals surface area contributed by atoms with Gasteiger partial charge < -0.3 is 14.9 Å². The molecule has 0 saturated carbocycles. The lowest BCUT2D eigenvalue weighted by molar-refractivity contribution is -0.142. The lowest BCUT2D eigenvalue weighted by Crippen LogP contribution is -2.59. The van der Waals surface area contributed by atoms with Gasteiger partial charge in [-0.15, -0.1) is 0 Å². The molecule has 2 rings (SSSR count). The predicted octanol–water partition coefficient (Wildman–Crippen LogP) is -1.14. The molecule has 9 heteroatoms. The van der Waals surface area contributed by atoms with Crippen molar-refractivity contribution in [2.45, 2.75) is 31.3 Å². The molecule has 2 atom stereocenters. The zero-order valence-electron chi connectivity index (χ0n) is 11.1. The van der Waals surface area contributed by atoms with Crippen LogP contribution in [0.15, 0.2) is 0 Å². The zero-order chi connectivity index (χ0) is 14.8. The normalized spacial score (nSPS) is 30.2. The van der Waals surface area contributed by atoms with Gasteiger partial charge in [0, 0.05) is 13.1 Å². The zero-order valence-corrected chi connectivity index (χ0v) is 12.0. The molecule has 0 radical (unpaired) electrons. The molecule has 2 fully saturated rings. The van der Waals surface area contributed by atoms with Gasteiger partial charge in [-0.1, -0.05) is 0 Å². The first-order valence-electron chi connectivity index (χ1n) is 6.68. The highest BCUT2D eigenvalue weighted by molar-refractivity contribution is 7.86. The van der Waals surface area contributed by atoms with Gasteiger partial charge in [0.25, 0.3) is 10.2 Å². The Bertz CT molecular complexity index is 454. The molecule has 20 heavy (non-hydrogen) atoms. The van der Waals surface area contributed by atoms with Crippen molar-refractivity contribution < 1.29 is 28.2 Å². The molecule has 2 unspecified atom stereocenters. The van der Waals surface area contributed by atoms with Gasteiger partial charge >= 0.3 is 5.97 Å². The number of piperidine rings is 1. The molecule has 0 bridgehead atoms. The number of hydrogen-bond acceptors (Lipinski definition) is 5. The smallest absolute Gasteiger partial charge is 0.322 e. The Kier molecular flexibility index (Phi) is 4.97. The van der Waals surface area contributed by atoms with Gasteiger partial charge in [0.05, 0.1) is 25.9 Å². The maximum Gasteiger partial charge on any atom is 0.322 e. The third-order valence-corrected chi connectivity index (χ3v) is 5.82. The van der Waals surface area contributed by atoms with Crippen molar-refractivity contribution in [2.75, 3.05) is 32.9 Å². The Hall–Kier alpha value is -0.740. The fourth-order valence-corrected chi connectivity index (χ4v) is 4.61. The van der Waals surface area contributed by atoms with Crippen molar-refractivity contribution in [3.05, 3.63) is 0 Å². The van der Waals surface area contributed by atoms with Crippen LogP contribution in [0.1, 0.15) is 19.3 Å². The van der Waals surface area contributed by atoms with Crippen LogP contribution < -0.4 is 0 Å². The number of aliphatic hydroxyl groups excluding tert-OH is 1. The van der Waals surface area contributed by atoms with E-state index < -0.39 is 28.3 Å². The van der Waals surface area contributed by atoms with Crippen molar-refractivity contribution in [1.29, 1.82) is 0 Å². The number of ether oxygens (including phenoxy) is 1. The van der Waals surface area contributed by atoms with Crippen LogP contribution in [0.5, 0.6) is 0 Å². The van der Waals surface area contributed by atoms with Crippen molar-refractivity contribution in [3.63, 3.8) is 0 Å². The molecule has 2 heterocycles. The molecule has 2 saturated heterocycles. The van der Waals surface area contributed by atoms with Crippen LogP contribution >= 0.6 is 0 Å². The van der Waals surface area contributed by atoms with E-state index in [1.807, 2.05) is 0 Å². The van der Waals surface area contributed by atoms with Crippen LogP contribution in [-0.2, 0) is 19.7 Å². The lowest BCUT2D eigenvalue weighted by atomic mass is 10.1. The highest BCUT2D eigenvalue weighted by Gasteiger charge is 2.43. The number of hydrogen-bond donors (Lipinski definition) is 2. The lowest BCUT2D eigenvalue weighted by Gasteiger charge is -2.40. The van der Waals surface area contributed by atoms with Gasteiger partial charge in [-0.25, -0.2) is 0 Å². The molecule has 2 N–H and O–H groups in total. The quantitative estimate of drug-likeness (QED) is 0.680. The Morgan fingerprint density at radius 2 is 2.00 bits per heavy atom. The second-order valence-electron chi connectivity index (χ2n) is 4.99. The molecule has 0 aromatic heterocycles. The number of aliphatic carboxylic acids is 1. The first-order valence-corrected chi connectivity index (χ1v) is 8.08. The van der Waals surface area contributed by atoms with Gasteiger partial charge in [-0.05, 0) is 19.3 Å². The van der Waals surface area contributed by atoms with Crippen molar-refractivity contribution in [3.8, 4) is 0 Å². The van der Waals surface area contributed by atoms with Crippen molar-refractivity contribution >= 4 is 16.2 Å². The van der Waals surface area contributed by atoms with E-state index in [4.69, 9.17) is 4.74 Å². The van der Waals surface area contributed by atoms with Gasteiger partial charge in [0.1, 0.15) is 6.04 Å².